The molecule has 1 aliphatic carbocycles. The zero-order valence-electron chi connectivity index (χ0n) is 15.9. The lowest BCUT2D eigenvalue weighted by atomic mass is 9.85. The van der Waals surface area contributed by atoms with Crippen LogP contribution in [0.5, 0.6) is 0 Å². The van der Waals surface area contributed by atoms with Crippen molar-refractivity contribution >= 4 is 11.3 Å². The maximum Gasteiger partial charge on any atom is 0.150 e. The highest BCUT2D eigenvalue weighted by atomic mass is 16.3. The van der Waals surface area contributed by atoms with E-state index in [1.165, 1.54) is 6.42 Å². The quantitative estimate of drug-likeness (QED) is 0.486. The first-order chi connectivity index (χ1) is 14.3. The number of hydrogen-bond donors (Lipinski definition) is 1. The van der Waals surface area contributed by atoms with Crippen molar-refractivity contribution in [3.05, 3.63) is 88.8 Å². The summed E-state index contributed by atoms with van der Waals surface area (Å²) in [7, 11) is 0. The lowest BCUT2D eigenvalue weighted by molar-refractivity contribution is 0.400. The predicted octanol–water partition coefficient (Wildman–Crippen LogP) is 5.10. The van der Waals surface area contributed by atoms with Crippen LogP contribution < -0.4 is 5.73 Å². The fourth-order valence-corrected chi connectivity index (χ4v) is 4.02. The molecule has 5 rings (SSSR count). The molecule has 0 amide bonds. The summed E-state index contributed by atoms with van der Waals surface area (Å²) in [6.07, 6.45) is 7.21. The highest BCUT2D eigenvalue weighted by Crippen LogP contribution is 2.39. The Morgan fingerprint density at radius 3 is 2.41 bits per heavy atom. The minimum absolute atomic E-state index is 0.471. The van der Waals surface area contributed by atoms with Crippen molar-refractivity contribution in [2.24, 2.45) is 5.18 Å². The third-order valence-corrected chi connectivity index (χ3v) is 5.80. The van der Waals surface area contributed by atoms with Gasteiger partial charge in [0, 0.05) is 23.9 Å². The summed E-state index contributed by atoms with van der Waals surface area (Å²) in [6.45, 7) is 0. The first-order valence-electron chi connectivity index (χ1n) is 9.86. The molecule has 1 fully saturated rings. The van der Waals surface area contributed by atoms with Gasteiger partial charge in [-0.15, -0.1) is 4.91 Å². The van der Waals surface area contributed by atoms with E-state index in [2.05, 4.69) is 14.6 Å². The van der Waals surface area contributed by atoms with Crippen LogP contribution in [0.25, 0.3) is 16.8 Å². The fourth-order valence-electron chi connectivity index (χ4n) is 4.02. The van der Waals surface area contributed by atoms with Gasteiger partial charge >= 0.3 is 0 Å². The van der Waals surface area contributed by atoms with Gasteiger partial charge in [-0.1, -0.05) is 66.2 Å². The lowest BCUT2D eigenvalue weighted by Crippen LogP contribution is -2.12. The van der Waals surface area contributed by atoms with Gasteiger partial charge in [0.2, 0.25) is 0 Å². The molecule has 2 heterocycles. The monoisotopic (exact) mass is 383 g/mol. The van der Waals surface area contributed by atoms with E-state index >= 15 is 0 Å². The minimum atomic E-state index is -0.527. The van der Waals surface area contributed by atoms with Crippen molar-refractivity contribution in [3.63, 3.8) is 0 Å². The van der Waals surface area contributed by atoms with Gasteiger partial charge in [-0.05, 0) is 24.0 Å². The van der Waals surface area contributed by atoms with Crippen molar-refractivity contribution in [2.75, 3.05) is 5.73 Å². The van der Waals surface area contributed by atoms with E-state index in [0.717, 1.165) is 46.6 Å². The number of anilines is 1. The maximum atomic E-state index is 11.5. The van der Waals surface area contributed by atoms with E-state index in [-0.39, 0.29) is 0 Å². The Morgan fingerprint density at radius 1 is 1.03 bits per heavy atom. The number of fused-ring (bicyclic) bond motifs is 1. The van der Waals surface area contributed by atoms with Crippen LogP contribution in [-0.2, 0) is 0 Å². The van der Waals surface area contributed by atoms with Gasteiger partial charge in [-0.25, -0.2) is 9.97 Å². The second-order valence-electron chi connectivity index (χ2n) is 7.52. The van der Waals surface area contributed by atoms with E-state index in [1.807, 2.05) is 60.8 Å². The third-order valence-electron chi connectivity index (χ3n) is 5.80. The second-order valence-corrected chi connectivity index (χ2v) is 7.52. The molecule has 0 radical (unpaired) electrons. The molecule has 29 heavy (non-hydrogen) atoms. The highest BCUT2D eigenvalue weighted by Gasteiger charge is 2.27. The van der Waals surface area contributed by atoms with Crippen LogP contribution in [0.3, 0.4) is 0 Å². The van der Waals surface area contributed by atoms with Crippen molar-refractivity contribution in [1.82, 2.24) is 14.4 Å². The van der Waals surface area contributed by atoms with Crippen LogP contribution in [0.2, 0.25) is 0 Å². The standard InChI is InChI=1S/C23H21N5O/c24-22-21-20(26-23(18-7-4-8-18)28(21)14-13-25-22)17-11-9-16(10-12-17)19(27-29)15-5-2-1-3-6-15/h1-3,5-6,9-14,18-19H,4,7-8H2,(H2,24,25). The van der Waals surface area contributed by atoms with Crippen LogP contribution in [0.4, 0.5) is 5.82 Å². The summed E-state index contributed by atoms with van der Waals surface area (Å²) in [5.41, 5.74) is 10.6. The first kappa shape index (κ1) is 17.6. The van der Waals surface area contributed by atoms with Crippen LogP contribution in [0, 0.1) is 4.91 Å². The number of rotatable bonds is 5. The third kappa shape index (κ3) is 2.97. The Bertz CT molecular complexity index is 1160. The molecule has 0 saturated heterocycles. The molecule has 4 aromatic rings. The Morgan fingerprint density at radius 2 is 1.76 bits per heavy atom. The van der Waals surface area contributed by atoms with Crippen molar-refractivity contribution in [3.8, 4) is 11.3 Å². The number of nitroso groups, excluding NO2 is 1. The molecule has 1 aliphatic rings. The summed E-state index contributed by atoms with van der Waals surface area (Å²) in [4.78, 5) is 20.7. The van der Waals surface area contributed by atoms with Gasteiger partial charge < -0.3 is 5.73 Å². The molecular formula is C23H21N5O. The van der Waals surface area contributed by atoms with E-state index in [4.69, 9.17) is 10.7 Å². The Kier molecular flexibility index (Phi) is 4.31. The Labute approximate surface area is 168 Å². The number of nitrogens with two attached hydrogens (primary N) is 1. The maximum absolute atomic E-state index is 11.5. The summed E-state index contributed by atoms with van der Waals surface area (Å²) in [5, 5.41) is 3.34. The molecule has 2 aromatic heterocycles. The van der Waals surface area contributed by atoms with Gasteiger partial charge in [0.1, 0.15) is 28.9 Å². The number of benzene rings is 2. The molecule has 0 bridgehead atoms. The number of hydrogen-bond acceptors (Lipinski definition) is 5. The molecule has 0 aliphatic heterocycles. The molecule has 1 saturated carbocycles. The normalized spacial score (nSPS) is 15.2. The van der Waals surface area contributed by atoms with Gasteiger partial charge in [0.25, 0.3) is 0 Å². The predicted molar refractivity (Wildman–Crippen MR) is 114 cm³/mol. The average molecular weight is 383 g/mol. The molecule has 2 N–H and O–H groups in total. The van der Waals surface area contributed by atoms with Crippen molar-refractivity contribution in [1.29, 1.82) is 0 Å². The number of aromatic nitrogens is 3. The largest absolute Gasteiger partial charge is 0.382 e. The SMILES string of the molecule is Nc1nccn2c(C3CCC3)nc(-c3ccc(C(N=O)c4ccccc4)cc3)c12. The van der Waals surface area contributed by atoms with Crippen LogP contribution >= 0.6 is 0 Å². The molecule has 0 spiro atoms. The first-order valence-corrected chi connectivity index (χ1v) is 9.86. The van der Waals surface area contributed by atoms with Crippen molar-refractivity contribution < 1.29 is 0 Å². The van der Waals surface area contributed by atoms with E-state index in [0.29, 0.717) is 11.7 Å². The number of nitrogen functional groups attached to an aromatic ring is 1. The topological polar surface area (TPSA) is 85.6 Å². The number of nitrogens with zero attached hydrogens (tertiary/aromatic N) is 4. The van der Waals surface area contributed by atoms with E-state index < -0.39 is 6.04 Å². The average Bonchev–Trinajstić information content (AvgIpc) is 3.09. The van der Waals surface area contributed by atoms with Crippen molar-refractivity contribution in [2.45, 2.75) is 31.2 Å². The highest BCUT2D eigenvalue weighted by molar-refractivity contribution is 5.85. The van der Waals surface area contributed by atoms with Crippen LogP contribution in [0.1, 0.15) is 48.2 Å². The van der Waals surface area contributed by atoms with E-state index in [9.17, 15) is 4.91 Å². The minimum Gasteiger partial charge on any atom is -0.382 e. The molecule has 6 nitrogen and oxygen atoms in total. The molecular weight excluding hydrogens is 362 g/mol. The van der Waals surface area contributed by atoms with Gasteiger partial charge in [0.05, 0.1) is 0 Å². The summed E-state index contributed by atoms with van der Waals surface area (Å²) in [6, 6.07) is 16.9. The summed E-state index contributed by atoms with van der Waals surface area (Å²) >= 11 is 0. The molecule has 144 valence electrons. The number of imidazole rings is 1. The van der Waals surface area contributed by atoms with Gasteiger partial charge in [-0.3, -0.25) is 4.40 Å². The summed E-state index contributed by atoms with van der Waals surface area (Å²) < 4.78 is 2.08. The summed E-state index contributed by atoms with van der Waals surface area (Å²) in [5.74, 6) is 2.00. The molecule has 2 aromatic carbocycles. The molecule has 1 unspecified atom stereocenters. The van der Waals surface area contributed by atoms with E-state index in [1.54, 1.807) is 6.20 Å². The smallest absolute Gasteiger partial charge is 0.150 e. The lowest BCUT2D eigenvalue weighted by Gasteiger charge is -2.23. The fraction of sp³-hybridized carbons (Fsp3) is 0.217. The molecule has 1 atom stereocenters. The Hall–Kier alpha value is -3.54. The molecule has 6 heteroatoms. The van der Waals surface area contributed by atoms with Gasteiger partial charge in [-0.2, -0.15) is 0 Å². The van der Waals surface area contributed by atoms with Gasteiger partial charge in [0.15, 0.2) is 0 Å². The second kappa shape index (κ2) is 7.13. The van der Waals surface area contributed by atoms with Crippen LogP contribution in [0.15, 0.2) is 72.2 Å². The zero-order valence-corrected chi connectivity index (χ0v) is 15.9. The van der Waals surface area contributed by atoms with Crippen LogP contribution in [-0.4, -0.2) is 14.4 Å². The zero-order chi connectivity index (χ0) is 19.8. The Balaban J connectivity index is 1.57.